The molecule has 0 spiro atoms. The first kappa shape index (κ1) is 14.1. The Labute approximate surface area is 113 Å². The van der Waals surface area contributed by atoms with Crippen LogP contribution in [0.3, 0.4) is 0 Å². The average molecular weight is 284 g/mol. The predicted octanol–water partition coefficient (Wildman–Crippen LogP) is 2.15. The fourth-order valence-electron chi connectivity index (χ4n) is 2.03. The van der Waals surface area contributed by atoms with E-state index in [0.29, 0.717) is 12.2 Å². The SMILES string of the molecule is C#CC1CC(=O)N(c2ccc(OC(F)(F)F)cc2N)C1. The van der Waals surface area contributed by atoms with E-state index >= 15 is 0 Å². The van der Waals surface area contributed by atoms with Gasteiger partial charge in [-0.2, -0.15) is 0 Å². The number of rotatable bonds is 2. The third-order valence-electron chi connectivity index (χ3n) is 2.88. The van der Waals surface area contributed by atoms with Gasteiger partial charge in [-0.15, -0.1) is 25.5 Å². The van der Waals surface area contributed by atoms with E-state index in [4.69, 9.17) is 12.2 Å². The fourth-order valence-corrected chi connectivity index (χ4v) is 2.03. The van der Waals surface area contributed by atoms with Crippen LogP contribution in [0.2, 0.25) is 0 Å². The first-order valence-electron chi connectivity index (χ1n) is 5.72. The molecule has 0 radical (unpaired) electrons. The van der Waals surface area contributed by atoms with Gasteiger partial charge in [0.2, 0.25) is 5.91 Å². The summed E-state index contributed by atoms with van der Waals surface area (Å²) >= 11 is 0. The van der Waals surface area contributed by atoms with Gasteiger partial charge >= 0.3 is 6.36 Å². The number of carbonyl (C=O) groups excluding carboxylic acids is 1. The number of anilines is 2. The van der Waals surface area contributed by atoms with E-state index in [1.54, 1.807) is 0 Å². The third kappa shape index (κ3) is 2.96. The molecular weight excluding hydrogens is 273 g/mol. The number of nitrogens with zero attached hydrogens (tertiary/aromatic N) is 1. The Bertz CT molecular complexity index is 578. The number of benzene rings is 1. The fraction of sp³-hybridized carbons (Fsp3) is 0.308. The van der Waals surface area contributed by atoms with Gasteiger partial charge in [0.15, 0.2) is 0 Å². The number of terminal acetylenes is 1. The normalized spacial score (nSPS) is 19.0. The van der Waals surface area contributed by atoms with Crippen molar-refractivity contribution in [3.63, 3.8) is 0 Å². The Morgan fingerprint density at radius 3 is 2.65 bits per heavy atom. The molecule has 1 aromatic carbocycles. The zero-order chi connectivity index (χ0) is 14.9. The van der Waals surface area contributed by atoms with Crippen LogP contribution in [0.4, 0.5) is 24.5 Å². The molecule has 0 saturated carbocycles. The van der Waals surface area contributed by atoms with Gasteiger partial charge in [0, 0.05) is 24.9 Å². The maximum absolute atomic E-state index is 12.1. The van der Waals surface area contributed by atoms with Gasteiger partial charge in [0.05, 0.1) is 11.4 Å². The molecule has 1 amide bonds. The Kier molecular flexibility index (Phi) is 3.49. The second-order valence-corrected chi connectivity index (χ2v) is 4.34. The molecule has 4 nitrogen and oxygen atoms in total. The maximum atomic E-state index is 12.1. The van der Waals surface area contributed by atoms with Gasteiger partial charge in [-0.05, 0) is 12.1 Å². The maximum Gasteiger partial charge on any atom is 0.573 e. The minimum atomic E-state index is -4.79. The second-order valence-electron chi connectivity index (χ2n) is 4.34. The van der Waals surface area contributed by atoms with Crippen LogP contribution in [0, 0.1) is 18.3 Å². The third-order valence-corrected chi connectivity index (χ3v) is 2.88. The van der Waals surface area contributed by atoms with Crippen LogP contribution in [0.1, 0.15) is 6.42 Å². The number of hydrogen-bond donors (Lipinski definition) is 1. The largest absolute Gasteiger partial charge is 0.573 e. The minimum Gasteiger partial charge on any atom is -0.406 e. The van der Waals surface area contributed by atoms with Crippen LogP contribution in [0.15, 0.2) is 18.2 Å². The van der Waals surface area contributed by atoms with Crippen molar-refractivity contribution in [1.82, 2.24) is 0 Å². The highest BCUT2D eigenvalue weighted by atomic mass is 19.4. The molecule has 7 heteroatoms. The van der Waals surface area contributed by atoms with Crippen molar-refractivity contribution < 1.29 is 22.7 Å². The lowest BCUT2D eigenvalue weighted by Crippen LogP contribution is -2.25. The number of ether oxygens (including phenoxy) is 1. The molecule has 1 aromatic rings. The zero-order valence-corrected chi connectivity index (χ0v) is 10.3. The van der Waals surface area contributed by atoms with Crippen molar-refractivity contribution in [2.45, 2.75) is 12.8 Å². The molecule has 2 N–H and O–H groups in total. The minimum absolute atomic E-state index is 0.0257. The van der Waals surface area contributed by atoms with E-state index in [2.05, 4.69) is 10.7 Å². The Balaban J connectivity index is 2.23. The lowest BCUT2D eigenvalue weighted by molar-refractivity contribution is -0.274. The van der Waals surface area contributed by atoms with Crippen LogP contribution in [0.5, 0.6) is 5.75 Å². The molecule has 1 fully saturated rings. The highest BCUT2D eigenvalue weighted by molar-refractivity contribution is 5.98. The summed E-state index contributed by atoms with van der Waals surface area (Å²) in [5.74, 6) is 1.63. The molecule has 1 saturated heterocycles. The van der Waals surface area contributed by atoms with Crippen LogP contribution in [0.25, 0.3) is 0 Å². The molecule has 106 valence electrons. The van der Waals surface area contributed by atoms with E-state index in [1.807, 2.05) is 0 Å². The molecule has 1 unspecified atom stereocenters. The van der Waals surface area contributed by atoms with Crippen LogP contribution in [-0.2, 0) is 4.79 Å². The van der Waals surface area contributed by atoms with Gasteiger partial charge in [0.1, 0.15) is 5.75 Å². The smallest absolute Gasteiger partial charge is 0.406 e. The summed E-state index contributed by atoms with van der Waals surface area (Å²) in [6, 6.07) is 3.45. The van der Waals surface area contributed by atoms with E-state index in [0.717, 1.165) is 12.1 Å². The predicted molar refractivity (Wildman–Crippen MR) is 66.8 cm³/mol. The first-order valence-corrected chi connectivity index (χ1v) is 5.72. The molecule has 1 heterocycles. The van der Waals surface area contributed by atoms with Crippen molar-refractivity contribution in [1.29, 1.82) is 0 Å². The summed E-state index contributed by atoms with van der Waals surface area (Å²) in [6.45, 7) is 0.305. The Hall–Kier alpha value is -2.36. The number of nitrogens with two attached hydrogens (primary N) is 1. The topological polar surface area (TPSA) is 55.6 Å². The van der Waals surface area contributed by atoms with Gasteiger partial charge in [-0.25, -0.2) is 0 Å². The van der Waals surface area contributed by atoms with E-state index < -0.39 is 12.1 Å². The Morgan fingerprint density at radius 1 is 1.45 bits per heavy atom. The van der Waals surface area contributed by atoms with Crippen LogP contribution < -0.4 is 15.4 Å². The van der Waals surface area contributed by atoms with Crippen LogP contribution in [-0.4, -0.2) is 18.8 Å². The molecule has 1 aliphatic heterocycles. The van der Waals surface area contributed by atoms with Crippen LogP contribution >= 0.6 is 0 Å². The monoisotopic (exact) mass is 284 g/mol. The Morgan fingerprint density at radius 2 is 2.15 bits per heavy atom. The summed E-state index contributed by atoms with van der Waals surface area (Å²) in [6.07, 6.45) is 0.682. The quantitative estimate of drug-likeness (QED) is 0.669. The summed E-state index contributed by atoms with van der Waals surface area (Å²) < 4.78 is 40.0. The number of hydrogen-bond acceptors (Lipinski definition) is 3. The first-order chi connectivity index (χ1) is 9.30. The standard InChI is InChI=1S/C13H11F3N2O2/c1-2-8-5-12(19)18(7-8)11-4-3-9(6-10(11)17)20-13(14,15)16/h1,3-4,6,8H,5,7,17H2. The molecular formula is C13H11F3N2O2. The second kappa shape index (κ2) is 4.96. The number of amides is 1. The lowest BCUT2D eigenvalue weighted by Gasteiger charge is -2.19. The number of nitrogen functional groups attached to an aromatic ring is 1. The number of alkyl halides is 3. The van der Waals surface area contributed by atoms with Crippen molar-refractivity contribution in [3.8, 4) is 18.1 Å². The van der Waals surface area contributed by atoms with E-state index in [1.165, 1.54) is 11.0 Å². The highest BCUT2D eigenvalue weighted by Crippen LogP contribution is 2.33. The summed E-state index contributed by atoms with van der Waals surface area (Å²) in [4.78, 5) is 13.1. The number of halogens is 3. The van der Waals surface area contributed by atoms with E-state index in [-0.39, 0.29) is 23.9 Å². The molecule has 20 heavy (non-hydrogen) atoms. The summed E-state index contributed by atoms with van der Waals surface area (Å²) in [5, 5.41) is 0. The van der Waals surface area contributed by atoms with Crippen molar-refractivity contribution in [2.75, 3.05) is 17.2 Å². The molecule has 2 rings (SSSR count). The molecule has 0 aliphatic carbocycles. The average Bonchev–Trinajstić information content (AvgIpc) is 2.69. The number of carbonyl (C=O) groups is 1. The molecule has 1 aliphatic rings. The zero-order valence-electron chi connectivity index (χ0n) is 10.3. The van der Waals surface area contributed by atoms with Crippen molar-refractivity contribution in [3.05, 3.63) is 18.2 Å². The van der Waals surface area contributed by atoms with Crippen molar-refractivity contribution in [2.24, 2.45) is 5.92 Å². The molecule has 0 bridgehead atoms. The summed E-state index contributed by atoms with van der Waals surface area (Å²) in [5.41, 5.74) is 6.04. The van der Waals surface area contributed by atoms with Gasteiger partial charge < -0.3 is 15.4 Å². The van der Waals surface area contributed by atoms with Gasteiger partial charge in [0.25, 0.3) is 0 Å². The highest BCUT2D eigenvalue weighted by Gasteiger charge is 2.33. The lowest BCUT2D eigenvalue weighted by atomic mass is 10.1. The van der Waals surface area contributed by atoms with Crippen molar-refractivity contribution >= 4 is 17.3 Å². The van der Waals surface area contributed by atoms with E-state index in [9.17, 15) is 18.0 Å². The van der Waals surface area contributed by atoms with Gasteiger partial charge in [-0.1, -0.05) is 0 Å². The molecule has 1 atom stereocenters. The molecule has 0 aromatic heterocycles. The van der Waals surface area contributed by atoms with Gasteiger partial charge in [-0.3, -0.25) is 4.79 Å². The summed E-state index contributed by atoms with van der Waals surface area (Å²) in [7, 11) is 0.